The molecule has 1 amide bonds. The second-order valence-corrected chi connectivity index (χ2v) is 7.77. The Morgan fingerprint density at radius 2 is 2.10 bits per heavy atom. The number of nitrogens with zero attached hydrogens (tertiary/aromatic N) is 2. The largest absolute Gasteiger partial charge is 0.493 e. The summed E-state index contributed by atoms with van der Waals surface area (Å²) in [5.74, 6) is 2.14. The number of carbonyl (C=O) groups is 1. The average molecular weight is 435 g/mol. The Balaban J connectivity index is 1.85. The molecule has 1 heterocycles. The molecule has 0 radical (unpaired) electrons. The van der Waals surface area contributed by atoms with Gasteiger partial charge < -0.3 is 29.7 Å². The van der Waals surface area contributed by atoms with E-state index >= 15 is 0 Å². The quantitative estimate of drug-likeness (QED) is 0.316. The molecule has 2 rings (SSSR count). The fourth-order valence-electron chi connectivity index (χ4n) is 3.29. The first kappa shape index (κ1) is 24.8. The van der Waals surface area contributed by atoms with E-state index < -0.39 is 0 Å². The molecule has 8 nitrogen and oxygen atoms in total. The van der Waals surface area contributed by atoms with Gasteiger partial charge in [-0.25, -0.2) is 4.99 Å². The average Bonchev–Trinajstić information content (AvgIpc) is 2.78. The molecule has 8 heteroatoms. The van der Waals surface area contributed by atoms with Crippen molar-refractivity contribution in [1.82, 2.24) is 15.5 Å². The number of aliphatic imine (C=N–C) groups is 1. The highest BCUT2D eigenvalue weighted by Crippen LogP contribution is 2.28. The summed E-state index contributed by atoms with van der Waals surface area (Å²) < 4.78 is 16.8. The molecule has 0 spiro atoms. The van der Waals surface area contributed by atoms with Crippen LogP contribution in [0.2, 0.25) is 0 Å². The van der Waals surface area contributed by atoms with Crippen molar-refractivity contribution in [1.29, 1.82) is 0 Å². The van der Waals surface area contributed by atoms with Crippen molar-refractivity contribution in [3.63, 3.8) is 0 Å². The van der Waals surface area contributed by atoms with Gasteiger partial charge in [0.1, 0.15) is 6.54 Å². The highest BCUT2D eigenvalue weighted by atomic mass is 16.5. The van der Waals surface area contributed by atoms with Crippen molar-refractivity contribution in [3.05, 3.63) is 23.8 Å². The maximum atomic E-state index is 11.9. The number of aryl methyl sites for hydroxylation is 1. The second kappa shape index (κ2) is 13.7. The Kier molecular flexibility index (Phi) is 11.0. The first-order valence-corrected chi connectivity index (χ1v) is 11.2. The van der Waals surface area contributed by atoms with Gasteiger partial charge in [-0.15, -0.1) is 0 Å². The van der Waals surface area contributed by atoms with Crippen LogP contribution in [0.3, 0.4) is 0 Å². The summed E-state index contributed by atoms with van der Waals surface area (Å²) in [5, 5.41) is 6.67. The fourth-order valence-corrected chi connectivity index (χ4v) is 3.29. The maximum Gasteiger partial charge on any atom is 0.243 e. The third kappa shape index (κ3) is 9.04. The van der Waals surface area contributed by atoms with Gasteiger partial charge in [0, 0.05) is 33.8 Å². The molecular weight excluding hydrogens is 396 g/mol. The molecule has 2 N–H and O–H groups in total. The predicted molar refractivity (Wildman–Crippen MR) is 123 cm³/mol. The highest BCUT2D eigenvalue weighted by Gasteiger charge is 2.14. The van der Waals surface area contributed by atoms with E-state index in [0.717, 1.165) is 50.3 Å². The summed E-state index contributed by atoms with van der Waals surface area (Å²) in [6.07, 6.45) is 5.38. The van der Waals surface area contributed by atoms with Crippen LogP contribution in [0.4, 0.5) is 0 Å². The van der Waals surface area contributed by atoms with E-state index in [0.29, 0.717) is 19.1 Å². The second-order valence-electron chi connectivity index (χ2n) is 7.77. The lowest BCUT2D eigenvalue weighted by atomic mass is 10.1. The first-order chi connectivity index (χ1) is 15.0. The maximum absolute atomic E-state index is 11.9. The summed E-state index contributed by atoms with van der Waals surface area (Å²) >= 11 is 0. The summed E-state index contributed by atoms with van der Waals surface area (Å²) in [7, 11) is 5.12. The van der Waals surface area contributed by atoms with E-state index in [1.54, 1.807) is 26.1 Å². The Labute approximate surface area is 186 Å². The van der Waals surface area contributed by atoms with Gasteiger partial charge in [-0.3, -0.25) is 4.79 Å². The zero-order valence-corrected chi connectivity index (χ0v) is 19.4. The van der Waals surface area contributed by atoms with Crippen molar-refractivity contribution >= 4 is 11.9 Å². The Hall–Kier alpha value is -2.48. The zero-order valence-electron chi connectivity index (χ0n) is 19.4. The lowest BCUT2D eigenvalue weighted by Gasteiger charge is -2.24. The number of guanidine groups is 1. The minimum atomic E-state index is -0.0308. The number of benzene rings is 1. The van der Waals surface area contributed by atoms with Gasteiger partial charge in [-0.1, -0.05) is 6.07 Å². The Morgan fingerprint density at radius 3 is 2.77 bits per heavy atom. The number of methoxy groups -OCH3 is 1. The van der Waals surface area contributed by atoms with E-state index in [-0.39, 0.29) is 18.6 Å². The molecule has 1 atom stereocenters. The van der Waals surface area contributed by atoms with Crippen LogP contribution in [-0.2, 0) is 16.0 Å². The topological polar surface area (TPSA) is 84.4 Å². The molecule has 1 aromatic carbocycles. The SMILES string of the molecule is CCOc1cc(CCCNC(=NCC(=O)N(C)C)NCC2CCCCO2)ccc1OC. The third-order valence-electron chi connectivity index (χ3n) is 5.10. The van der Waals surface area contributed by atoms with E-state index in [4.69, 9.17) is 14.2 Å². The van der Waals surface area contributed by atoms with Crippen molar-refractivity contribution in [3.8, 4) is 11.5 Å². The van der Waals surface area contributed by atoms with Crippen LogP contribution in [-0.4, -0.2) is 76.9 Å². The molecule has 1 aromatic rings. The lowest BCUT2D eigenvalue weighted by Crippen LogP contribution is -2.43. The van der Waals surface area contributed by atoms with Crippen LogP contribution in [0.25, 0.3) is 0 Å². The number of nitrogens with one attached hydrogen (secondary N) is 2. The zero-order chi connectivity index (χ0) is 22.5. The van der Waals surface area contributed by atoms with Gasteiger partial charge in [0.15, 0.2) is 17.5 Å². The van der Waals surface area contributed by atoms with Gasteiger partial charge in [0.2, 0.25) is 5.91 Å². The number of likely N-dealkylation sites (N-methyl/N-ethyl adjacent to an activating group) is 1. The molecule has 0 saturated carbocycles. The first-order valence-electron chi connectivity index (χ1n) is 11.2. The van der Waals surface area contributed by atoms with E-state index in [1.165, 1.54) is 12.0 Å². The summed E-state index contributed by atoms with van der Waals surface area (Å²) in [4.78, 5) is 17.9. The molecule has 31 heavy (non-hydrogen) atoms. The van der Waals surface area contributed by atoms with Crippen LogP contribution in [0.5, 0.6) is 11.5 Å². The monoisotopic (exact) mass is 434 g/mol. The summed E-state index contributed by atoms with van der Waals surface area (Å²) in [6.45, 7) is 4.93. The summed E-state index contributed by atoms with van der Waals surface area (Å²) in [5.41, 5.74) is 1.19. The smallest absolute Gasteiger partial charge is 0.243 e. The number of hydrogen-bond donors (Lipinski definition) is 2. The lowest BCUT2D eigenvalue weighted by molar-refractivity contribution is -0.127. The van der Waals surface area contributed by atoms with Gasteiger partial charge >= 0.3 is 0 Å². The van der Waals surface area contributed by atoms with Crippen LogP contribution in [0, 0.1) is 0 Å². The van der Waals surface area contributed by atoms with Crippen LogP contribution in [0.15, 0.2) is 23.2 Å². The van der Waals surface area contributed by atoms with Crippen LogP contribution >= 0.6 is 0 Å². The Bertz CT molecular complexity index is 703. The molecule has 1 aliphatic heterocycles. The molecule has 174 valence electrons. The van der Waals surface area contributed by atoms with Crippen molar-refractivity contribution in [2.24, 2.45) is 4.99 Å². The standard InChI is InChI=1S/C23H38N4O4/c1-5-30-21-15-18(11-12-20(21)29-4)9-8-13-24-23(26-17-22(28)27(2)3)25-16-19-10-6-7-14-31-19/h11-12,15,19H,5-10,13-14,16-17H2,1-4H3,(H2,24,25,26). The number of amides is 1. The molecule has 0 aliphatic carbocycles. The van der Waals surface area contributed by atoms with Crippen molar-refractivity contribution in [2.45, 2.75) is 45.1 Å². The molecule has 1 fully saturated rings. The van der Waals surface area contributed by atoms with Crippen LogP contribution in [0.1, 0.15) is 38.2 Å². The predicted octanol–water partition coefficient (Wildman–Crippen LogP) is 2.22. The minimum absolute atomic E-state index is 0.0308. The highest BCUT2D eigenvalue weighted by molar-refractivity contribution is 5.84. The third-order valence-corrected chi connectivity index (χ3v) is 5.10. The molecular formula is C23H38N4O4. The summed E-state index contributed by atoms with van der Waals surface area (Å²) in [6, 6.07) is 6.04. The number of hydrogen-bond acceptors (Lipinski definition) is 5. The minimum Gasteiger partial charge on any atom is -0.493 e. The van der Waals surface area contributed by atoms with E-state index in [1.807, 2.05) is 19.1 Å². The van der Waals surface area contributed by atoms with E-state index in [9.17, 15) is 4.79 Å². The number of rotatable bonds is 11. The Morgan fingerprint density at radius 1 is 1.26 bits per heavy atom. The molecule has 1 saturated heterocycles. The van der Waals surface area contributed by atoms with Gasteiger partial charge in [0.25, 0.3) is 0 Å². The molecule has 0 aromatic heterocycles. The van der Waals surface area contributed by atoms with Gasteiger partial charge in [-0.2, -0.15) is 0 Å². The van der Waals surface area contributed by atoms with Crippen molar-refractivity contribution < 1.29 is 19.0 Å². The van der Waals surface area contributed by atoms with Crippen LogP contribution < -0.4 is 20.1 Å². The molecule has 0 bridgehead atoms. The molecule has 1 aliphatic rings. The molecule has 1 unspecified atom stereocenters. The number of carbonyl (C=O) groups excluding carboxylic acids is 1. The normalized spacial score (nSPS) is 16.5. The van der Waals surface area contributed by atoms with Crippen molar-refractivity contribution in [2.75, 3.05) is 54.1 Å². The number of ether oxygens (including phenoxy) is 3. The van der Waals surface area contributed by atoms with Gasteiger partial charge in [-0.05, 0) is 56.7 Å². The fraction of sp³-hybridized carbons (Fsp3) is 0.652. The van der Waals surface area contributed by atoms with Gasteiger partial charge in [0.05, 0.1) is 19.8 Å². The van der Waals surface area contributed by atoms with E-state index in [2.05, 4.69) is 21.7 Å².